The summed E-state index contributed by atoms with van der Waals surface area (Å²) in [7, 11) is 2.06. The molecule has 1 saturated heterocycles. The predicted molar refractivity (Wildman–Crippen MR) is 90.0 cm³/mol. The normalized spacial score (nSPS) is 33.5. The Balaban J connectivity index is 1.48. The van der Waals surface area contributed by atoms with Crippen LogP contribution in [0.1, 0.15) is 50.7 Å². The summed E-state index contributed by atoms with van der Waals surface area (Å²) in [5.41, 5.74) is 1.05. The zero-order valence-corrected chi connectivity index (χ0v) is 14.2. The molecule has 23 heavy (non-hydrogen) atoms. The first-order valence-corrected chi connectivity index (χ1v) is 8.76. The molecule has 0 bridgehead atoms. The van der Waals surface area contributed by atoms with Gasteiger partial charge in [-0.25, -0.2) is 4.98 Å². The topological polar surface area (TPSA) is 61.5 Å². The van der Waals surface area contributed by atoms with Crippen LogP contribution in [0.3, 0.4) is 0 Å². The minimum absolute atomic E-state index is 0.226. The summed E-state index contributed by atoms with van der Waals surface area (Å²) in [5.74, 6) is 2.23. The molecule has 0 aromatic carbocycles. The van der Waals surface area contributed by atoms with E-state index in [9.17, 15) is 5.11 Å². The first kappa shape index (κ1) is 16.5. The van der Waals surface area contributed by atoms with Crippen LogP contribution in [-0.2, 0) is 0 Å². The molecular formula is C18H29N3O2. The van der Waals surface area contributed by atoms with Crippen LogP contribution in [-0.4, -0.2) is 46.8 Å². The van der Waals surface area contributed by atoms with Gasteiger partial charge in [0.15, 0.2) is 6.39 Å². The highest BCUT2D eigenvalue weighted by molar-refractivity contribution is 5.09. The molecule has 0 radical (unpaired) electrons. The van der Waals surface area contributed by atoms with Gasteiger partial charge in [0, 0.05) is 24.2 Å². The van der Waals surface area contributed by atoms with E-state index in [1.807, 2.05) is 6.20 Å². The van der Waals surface area contributed by atoms with E-state index in [0.717, 1.165) is 24.4 Å². The highest BCUT2D eigenvalue weighted by atomic mass is 16.3. The first-order chi connectivity index (χ1) is 11.0. The Morgan fingerprint density at radius 2 is 2.17 bits per heavy atom. The molecule has 0 unspecified atom stereocenters. The lowest BCUT2D eigenvalue weighted by molar-refractivity contribution is 0.182. The van der Waals surface area contributed by atoms with Crippen molar-refractivity contribution < 1.29 is 9.52 Å². The minimum atomic E-state index is -0.226. The van der Waals surface area contributed by atoms with E-state index in [0.29, 0.717) is 17.9 Å². The Morgan fingerprint density at radius 1 is 1.43 bits per heavy atom. The summed E-state index contributed by atoms with van der Waals surface area (Å²) in [5, 5.41) is 13.4. The minimum Gasteiger partial charge on any atom is -0.448 e. The number of β-amino-alcohol motifs (C(OH)–C–C–N with tert-alkyl or cyclic N) is 1. The van der Waals surface area contributed by atoms with Gasteiger partial charge in [-0.2, -0.15) is 0 Å². The highest BCUT2D eigenvalue weighted by Gasteiger charge is 2.32. The molecule has 3 rings (SSSR count). The Hall–Kier alpha value is -1.33. The largest absolute Gasteiger partial charge is 0.448 e. The molecule has 2 N–H and O–H groups in total. The van der Waals surface area contributed by atoms with Crippen LogP contribution in [0.2, 0.25) is 0 Å². The van der Waals surface area contributed by atoms with Crippen molar-refractivity contribution in [2.24, 2.45) is 5.92 Å². The molecule has 0 amide bonds. The average molecular weight is 319 g/mol. The summed E-state index contributed by atoms with van der Waals surface area (Å²) < 4.78 is 5.45. The van der Waals surface area contributed by atoms with E-state index in [4.69, 9.17) is 4.42 Å². The average Bonchev–Trinajstić information content (AvgIpc) is 3.17. The highest BCUT2D eigenvalue weighted by Crippen LogP contribution is 2.37. The third-order valence-corrected chi connectivity index (χ3v) is 5.67. The number of likely N-dealkylation sites (N-methyl/N-ethyl adjacent to an activating group) is 1. The fourth-order valence-corrected chi connectivity index (χ4v) is 4.22. The van der Waals surface area contributed by atoms with Gasteiger partial charge in [-0.05, 0) is 52.0 Å². The van der Waals surface area contributed by atoms with E-state index < -0.39 is 0 Å². The number of nitrogens with one attached hydrogen (secondary N) is 1. The van der Waals surface area contributed by atoms with Crippen molar-refractivity contribution in [2.75, 3.05) is 13.6 Å². The SMILES string of the molecule is C=C(N[C@@H](C)C1CCC(c2cnco2)CC1)[C@@H]1C[C@@H](O)CN1C. The van der Waals surface area contributed by atoms with Gasteiger partial charge in [0.05, 0.1) is 18.3 Å². The van der Waals surface area contributed by atoms with Gasteiger partial charge in [0.1, 0.15) is 5.76 Å². The molecular weight excluding hydrogens is 290 g/mol. The molecule has 1 saturated carbocycles. The van der Waals surface area contributed by atoms with Crippen LogP contribution in [0, 0.1) is 5.92 Å². The lowest BCUT2D eigenvalue weighted by Crippen LogP contribution is -2.40. The lowest BCUT2D eigenvalue weighted by atomic mass is 9.78. The van der Waals surface area contributed by atoms with Gasteiger partial charge >= 0.3 is 0 Å². The molecule has 1 aliphatic heterocycles. The van der Waals surface area contributed by atoms with Crippen molar-refractivity contribution in [1.29, 1.82) is 0 Å². The van der Waals surface area contributed by atoms with Crippen molar-refractivity contribution >= 4 is 0 Å². The first-order valence-electron chi connectivity index (χ1n) is 8.76. The van der Waals surface area contributed by atoms with E-state index in [2.05, 4.69) is 35.8 Å². The molecule has 1 aliphatic carbocycles. The monoisotopic (exact) mass is 319 g/mol. The predicted octanol–water partition coefficient (Wildman–Crippen LogP) is 2.51. The van der Waals surface area contributed by atoms with E-state index >= 15 is 0 Å². The third kappa shape index (κ3) is 3.78. The molecule has 2 heterocycles. The number of likely N-dealkylation sites (tertiary alicyclic amines) is 1. The van der Waals surface area contributed by atoms with Crippen molar-refractivity contribution in [1.82, 2.24) is 15.2 Å². The van der Waals surface area contributed by atoms with Gasteiger partial charge in [-0.15, -0.1) is 0 Å². The maximum Gasteiger partial charge on any atom is 0.180 e. The molecule has 5 heteroatoms. The molecule has 3 atom stereocenters. The van der Waals surface area contributed by atoms with Gasteiger partial charge in [-0.1, -0.05) is 6.58 Å². The van der Waals surface area contributed by atoms with Crippen LogP contribution >= 0.6 is 0 Å². The molecule has 2 aliphatic rings. The lowest BCUT2D eigenvalue weighted by Gasteiger charge is -2.34. The molecule has 5 nitrogen and oxygen atoms in total. The number of rotatable bonds is 5. The fraction of sp³-hybridized carbons (Fsp3) is 0.722. The fourth-order valence-electron chi connectivity index (χ4n) is 4.22. The number of aromatic nitrogens is 1. The molecule has 128 valence electrons. The standard InChI is InChI=1S/C18H29N3O2/c1-12(20-13(2)17-8-16(22)10-21(17)3)14-4-6-15(7-5-14)18-9-19-11-23-18/h9,11-12,14-17,20,22H,2,4-8,10H2,1,3H3/t12-,14?,15?,16+,17-/m0/s1. The second kappa shape index (κ2) is 7.05. The second-order valence-electron chi connectivity index (χ2n) is 7.32. The summed E-state index contributed by atoms with van der Waals surface area (Å²) >= 11 is 0. The van der Waals surface area contributed by atoms with Crippen LogP contribution in [0.5, 0.6) is 0 Å². The number of oxazole rings is 1. The Morgan fingerprint density at radius 3 is 2.74 bits per heavy atom. The van der Waals surface area contributed by atoms with Crippen molar-refractivity contribution in [2.45, 2.75) is 63.1 Å². The number of hydrogen-bond donors (Lipinski definition) is 2. The Bertz CT molecular complexity index is 508. The maximum absolute atomic E-state index is 9.80. The van der Waals surface area contributed by atoms with Crippen molar-refractivity contribution in [3.05, 3.63) is 30.6 Å². The summed E-state index contributed by atoms with van der Waals surface area (Å²) in [6, 6.07) is 0.669. The Kier molecular flexibility index (Phi) is 5.07. The van der Waals surface area contributed by atoms with Gasteiger partial charge < -0.3 is 14.8 Å². The summed E-state index contributed by atoms with van der Waals surface area (Å²) in [4.78, 5) is 6.22. The smallest absolute Gasteiger partial charge is 0.180 e. The quantitative estimate of drug-likeness (QED) is 0.873. The van der Waals surface area contributed by atoms with E-state index in [-0.39, 0.29) is 12.1 Å². The molecule has 1 aromatic heterocycles. The number of aliphatic hydroxyl groups is 1. The zero-order valence-electron chi connectivity index (χ0n) is 14.2. The van der Waals surface area contributed by atoms with Crippen LogP contribution in [0.4, 0.5) is 0 Å². The summed E-state index contributed by atoms with van der Waals surface area (Å²) in [6.45, 7) is 7.22. The molecule has 1 aromatic rings. The van der Waals surface area contributed by atoms with Crippen LogP contribution < -0.4 is 5.32 Å². The van der Waals surface area contributed by atoms with E-state index in [1.54, 1.807) is 0 Å². The van der Waals surface area contributed by atoms with Crippen LogP contribution in [0.25, 0.3) is 0 Å². The number of aliphatic hydroxyl groups excluding tert-OH is 1. The van der Waals surface area contributed by atoms with Gasteiger partial charge in [0.25, 0.3) is 0 Å². The number of hydrogen-bond acceptors (Lipinski definition) is 5. The van der Waals surface area contributed by atoms with Crippen molar-refractivity contribution in [3.8, 4) is 0 Å². The summed E-state index contributed by atoms with van der Waals surface area (Å²) in [6.07, 6.45) is 8.69. The molecule has 0 spiro atoms. The maximum atomic E-state index is 9.80. The molecule has 2 fully saturated rings. The van der Waals surface area contributed by atoms with Gasteiger partial charge in [-0.3, -0.25) is 4.90 Å². The zero-order chi connectivity index (χ0) is 16.4. The number of nitrogens with zero attached hydrogens (tertiary/aromatic N) is 2. The van der Waals surface area contributed by atoms with Crippen LogP contribution in [0.15, 0.2) is 29.3 Å². The van der Waals surface area contributed by atoms with Crippen molar-refractivity contribution in [3.63, 3.8) is 0 Å². The third-order valence-electron chi connectivity index (χ3n) is 5.67. The Labute approximate surface area is 138 Å². The van der Waals surface area contributed by atoms with E-state index in [1.165, 1.54) is 32.1 Å². The van der Waals surface area contributed by atoms with Gasteiger partial charge in [0.2, 0.25) is 0 Å². The second-order valence-corrected chi connectivity index (χ2v) is 7.32.